The largest absolute Gasteiger partial charge is 0.496 e. The van der Waals surface area contributed by atoms with Gasteiger partial charge in [0.15, 0.2) is 0 Å². The van der Waals surface area contributed by atoms with Crippen molar-refractivity contribution in [1.82, 2.24) is 14.8 Å². The van der Waals surface area contributed by atoms with E-state index < -0.39 is 0 Å². The van der Waals surface area contributed by atoms with E-state index in [0.717, 1.165) is 22.4 Å². The molecule has 0 radical (unpaired) electrons. The Kier molecular flexibility index (Phi) is 5.44. The van der Waals surface area contributed by atoms with Crippen molar-refractivity contribution in [3.8, 4) is 5.75 Å². The highest BCUT2D eigenvalue weighted by Gasteiger charge is 2.27. The summed E-state index contributed by atoms with van der Waals surface area (Å²) in [6.07, 6.45) is 1.62. The van der Waals surface area contributed by atoms with Crippen LogP contribution in [0.4, 0.5) is 0 Å². The summed E-state index contributed by atoms with van der Waals surface area (Å²) in [5.41, 5.74) is 4.03. The molecular weight excluding hydrogens is 342 g/mol. The highest BCUT2D eigenvalue weighted by Crippen LogP contribution is 2.29. The lowest BCUT2D eigenvalue weighted by atomic mass is 9.97. The smallest absolute Gasteiger partial charge is 0.272 e. The van der Waals surface area contributed by atoms with E-state index in [0.29, 0.717) is 37.4 Å². The Labute approximate surface area is 159 Å². The van der Waals surface area contributed by atoms with E-state index in [4.69, 9.17) is 4.74 Å². The van der Waals surface area contributed by atoms with Crippen LogP contribution in [0, 0.1) is 20.8 Å². The van der Waals surface area contributed by atoms with E-state index in [2.05, 4.69) is 4.98 Å². The Morgan fingerprint density at radius 1 is 0.963 bits per heavy atom. The minimum absolute atomic E-state index is 0.00582. The fourth-order valence-corrected chi connectivity index (χ4v) is 3.53. The number of hydrogen-bond acceptors (Lipinski definition) is 4. The number of pyridine rings is 1. The van der Waals surface area contributed by atoms with Crippen molar-refractivity contribution in [3.05, 3.63) is 58.4 Å². The van der Waals surface area contributed by atoms with Gasteiger partial charge in [-0.2, -0.15) is 0 Å². The van der Waals surface area contributed by atoms with Gasteiger partial charge in [-0.15, -0.1) is 0 Å². The predicted octanol–water partition coefficient (Wildman–Crippen LogP) is 2.61. The molecular formula is C21H25N3O3. The molecule has 2 amide bonds. The quantitative estimate of drug-likeness (QED) is 0.837. The number of amides is 2. The van der Waals surface area contributed by atoms with Gasteiger partial charge in [0.1, 0.15) is 11.4 Å². The molecule has 6 heteroatoms. The van der Waals surface area contributed by atoms with Gasteiger partial charge in [-0.3, -0.25) is 14.6 Å². The third kappa shape index (κ3) is 3.65. The Bertz CT molecular complexity index is 857. The SMILES string of the molecule is COc1c(C)cc(C(=O)N2CCN(C(=O)c3ccccn3)CC2)c(C)c1C. The summed E-state index contributed by atoms with van der Waals surface area (Å²) < 4.78 is 5.44. The zero-order valence-corrected chi connectivity index (χ0v) is 16.3. The minimum Gasteiger partial charge on any atom is -0.496 e. The third-order valence-electron chi connectivity index (χ3n) is 5.20. The molecule has 1 aliphatic heterocycles. The van der Waals surface area contributed by atoms with Crippen LogP contribution >= 0.6 is 0 Å². The first kappa shape index (κ1) is 18.9. The molecule has 0 atom stereocenters. The van der Waals surface area contributed by atoms with E-state index >= 15 is 0 Å². The van der Waals surface area contributed by atoms with Gasteiger partial charge in [0.25, 0.3) is 11.8 Å². The number of carbonyl (C=O) groups is 2. The normalized spacial score (nSPS) is 14.2. The first-order chi connectivity index (χ1) is 12.9. The van der Waals surface area contributed by atoms with Crippen molar-refractivity contribution in [3.63, 3.8) is 0 Å². The molecule has 1 aromatic carbocycles. The van der Waals surface area contributed by atoms with Crippen molar-refractivity contribution < 1.29 is 14.3 Å². The Hall–Kier alpha value is -2.89. The summed E-state index contributed by atoms with van der Waals surface area (Å²) in [6, 6.07) is 7.20. The maximum absolute atomic E-state index is 13.0. The van der Waals surface area contributed by atoms with Crippen LogP contribution in [0.5, 0.6) is 5.75 Å². The molecule has 0 saturated carbocycles. The van der Waals surface area contributed by atoms with Gasteiger partial charge in [-0.25, -0.2) is 0 Å². The Morgan fingerprint density at radius 2 is 1.59 bits per heavy atom. The molecule has 1 fully saturated rings. The molecule has 0 unspecified atom stereocenters. The molecule has 142 valence electrons. The van der Waals surface area contributed by atoms with Gasteiger partial charge in [0.2, 0.25) is 0 Å². The van der Waals surface area contributed by atoms with Crippen molar-refractivity contribution in [1.29, 1.82) is 0 Å². The van der Waals surface area contributed by atoms with Gasteiger partial charge in [-0.1, -0.05) is 6.07 Å². The number of nitrogens with zero attached hydrogens (tertiary/aromatic N) is 3. The molecule has 3 rings (SSSR count). The number of piperazine rings is 1. The highest BCUT2D eigenvalue weighted by molar-refractivity contribution is 5.97. The average molecular weight is 367 g/mol. The highest BCUT2D eigenvalue weighted by atomic mass is 16.5. The maximum atomic E-state index is 13.0. The third-order valence-corrected chi connectivity index (χ3v) is 5.20. The summed E-state index contributed by atoms with van der Waals surface area (Å²) >= 11 is 0. The predicted molar refractivity (Wildman–Crippen MR) is 103 cm³/mol. The van der Waals surface area contributed by atoms with Crippen molar-refractivity contribution in [2.24, 2.45) is 0 Å². The van der Waals surface area contributed by atoms with Gasteiger partial charge < -0.3 is 14.5 Å². The van der Waals surface area contributed by atoms with E-state index in [-0.39, 0.29) is 11.8 Å². The molecule has 6 nitrogen and oxygen atoms in total. The molecule has 1 aliphatic rings. The number of aryl methyl sites for hydroxylation is 1. The maximum Gasteiger partial charge on any atom is 0.272 e. The fourth-order valence-electron chi connectivity index (χ4n) is 3.53. The van der Waals surface area contributed by atoms with Crippen LogP contribution in [0.1, 0.15) is 37.5 Å². The number of rotatable bonds is 3. The molecule has 27 heavy (non-hydrogen) atoms. The van der Waals surface area contributed by atoms with Crippen molar-refractivity contribution >= 4 is 11.8 Å². The Morgan fingerprint density at radius 3 is 2.15 bits per heavy atom. The molecule has 0 bridgehead atoms. The molecule has 2 aromatic rings. The minimum atomic E-state index is -0.0879. The first-order valence-electron chi connectivity index (χ1n) is 9.08. The van der Waals surface area contributed by atoms with Crippen LogP contribution in [0.15, 0.2) is 30.5 Å². The van der Waals surface area contributed by atoms with Crippen molar-refractivity contribution in [2.75, 3.05) is 33.3 Å². The molecule has 0 aliphatic carbocycles. The lowest BCUT2D eigenvalue weighted by molar-refractivity contribution is 0.0531. The molecule has 1 aromatic heterocycles. The van der Waals surface area contributed by atoms with Gasteiger partial charge in [0, 0.05) is 37.9 Å². The molecule has 1 saturated heterocycles. The van der Waals surface area contributed by atoms with Crippen LogP contribution in [0.25, 0.3) is 0 Å². The standard InChI is InChI=1S/C21H25N3O3/c1-14-13-17(15(2)16(3)19(14)27-4)20(25)23-9-11-24(12-10-23)21(26)18-7-5-6-8-22-18/h5-8,13H,9-12H2,1-4H3. The van der Waals surface area contributed by atoms with Crippen LogP contribution in [-0.4, -0.2) is 59.9 Å². The summed E-state index contributed by atoms with van der Waals surface area (Å²) in [4.78, 5) is 33.2. The lowest BCUT2D eigenvalue weighted by Gasteiger charge is -2.35. The lowest BCUT2D eigenvalue weighted by Crippen LogP contribution is -2.50. The second-order valence-corrected chi connectivity index (χ2v) is 6.82. The second-order valence-electron chi connectivity index (χ2n) is 6.82. The van der Waals surface area contributed by atoms with E-state index in [1.165, 1.54) is 0 Å². The first-order valence-corrected chi connectivity index (χ1v) is 9.08. The van der Waals surface area contributed by atoms with E-state index in [1.54, 1.807) is 36.4 Å². The summed E-state index contributed by atoms with van der Waals surface area (Å²) in [7, 11) is 1.65. The molecule has 0 spiro atoms. The number of hydrogen-bond donors (Lipinski definition) is 0. The van der Waals surface area contributed by atoms with Gasteiger partial charge in [0.05, 0.1) is 7.11 Å². The zero-order chi connectivity index (χ0) is 19.6. The van der Waals surface area contributed by atoms with Crippen LogP contribution in [0.3, 0.4) is 0 Å². The topological polar surface area (TPSA) is 62.7 Å². The monoisotopic (exact) mass is 367 g/mol. The van der Waals surface area contributed by atoms with Gasteiger partial charge in [-0.05, 0) is 55.7 Å². The number of carbonyl (C=O) groups excluding carboxylic acids is 2. The summed E-state index contributed by atoms with van der Waals surface area (Å²) in [5, 5.41) is 0. The zero-order valence-electron chi connectivity index (χ0n) is 16.3. The van der Waals surface area contributed by atoms with Crippen LogP contribution in [0.2, 0.25) is 0 Å². The van der Waals surface area contributed by atoms with Crippen LogP contribution < -0.4 is 4.74 Å². The summed E-state index contributed by atoms with van der Waals surface area (Å²) in [6.45, 7) is 7.92. The number of aromatic nitrogens is 1. The summed E-state index contributed by atoms with van der Waals surface area (Å²) in [5.74, 6) is 0.746. The second kappa shape index (κ2) is 7.78. The number of methoxy groups -OCH3 is 1. The molecule has 0 N–H and O–H groups in total. The van der Waals surface area contributed by atoms with E-state index in [1.807, 2.05) is 31.7 Å². The number of ether oxygens (including phenoxy) is 1. The average Bonchev–Trinajstić information content (AvgIpc) is 2.71. The van der Waals surface area contributed by atoms with E-state index in [9.17, 15) is 9.59 Å². The van der Waals surface area contributed by atoms with Crippen molar-refractivity contribution in [2.45, 2.75) is 20.8 Å². The number of benzene rings is 1. The van der Waals surface area contributed by atoms with Crippen LogP contribution in [-0.2, 0) is 0 Å². The molecule has 2 heterocycles. The fraction of sp³-hybridized carbons (Fsp3) is 0.381. The Balaban J connectivity index is 1.71. The van der Waals surface area contributed by atoms with Gasteiger partial charge >= 0.3 is 0 Å².